The maximum Gasteiger partial charge on any atom is 0.325 e. The fourth-order valence-corrected chi connectivity index (χ4v) is 2.00. The summed E-state index contributed by atoms with van der Waals surface area (Å²) in [6.07, 6.45) is 1.62. The largest absolute Gasteiger partial charge is 0.481 e. The van der Waals surface area contributed by atoms with E-state index in [0.717, 1.165) is 17.8 Å². The van der Waals surface area contributed by atoms with Crippen molar-refractivity contribution in [1.29, 1.82) is 0 Å². The number of benzene rings is 1. The highest BCUT2D eigenvalue weighted by Crippen LogP contribution is 2.23. The molecule has 0 radical (unpaired) electrons. The molecule has 7 nitrogen and oxygen atoms in total. The van der Waals surface area contributed by atoms with Crippen molar-refractivity contribution < 1.29 is 9.47 Å². The fourth-order valence-electron chi connectivity index (χ4n) is 1.80. The first kappa shape index (κ1) is 17.6. The van der Waals surface area contributed by atoms with Crippen LogP contribution in [0, 0.1) is 6.92 Å². The molecule has 24 heavy (non-hydrogen) atoms. The minimum atomic E-state index is 0.212. The predicted octanol–water partition coefficient (Wildman–Crippen LogP) is 2.40. The third-order valence-corrected chi connectivity index (χ3v) is 3.08. The number of hydrogen-bond donors (Lipinski definition) is 2. The monoisotopic (exact) mass is 345 g/mol. The van der Waals surface area contributed by atoms with Gasteiger partial charge in [0.05, 0.1) is 13.3 Å². The van der Waals surface area contributed by atoms with E-state index in [4.69, 9.17) is 21.7 Å². The van der Waals surface area contributed by atoms with Crippen molar-refractivity contribution >= 4 is 23.5 Å². The van der Waals surface area contributed by atoms with E-state index in [1.54, 1.807) is 19.4 Å². The van der Waals surface area contributed by atoms with Gasteiger partial charge in [0, 0.05) is 23.9 Å². The molecule has 2 aromatic rings. The summed E-state index contributed by atoms with van der Waals surface area (Å²) < 4.78 is 10.9. The molecule has 0 saturated heterocycles. The lowest BCUT2D eigenvalue weighted by atomic mass is 10.2. The molecule has 1 heterocycles. The highest BCUT2D eigenvalue weighted by molar-refractivity contribution is 7.80. The minimum absolute atomic E-state index is 0.212. The van der Waals surface area contributed by atoms with Gasteiger partial charge in [-0.15, -0.1) is 0 Å². The second-order valence-corrected chi connectivity index (χ2v) is 5.11. The van der Waals surface area contributed by atoms with Crippen LogP contribution >= 0.6 is 12.2 Å². The maximum absolute atomic E-state index is 5.77. The zero-order chi connectivity index (χ0) is 17.4. The predicted molar refractivity (Wildman–Crippen MR) is 96.8 cm³/mol. The Kier molecular flexibility index (Phi) is 6.44. The molecule has 0 unspecified atom stereocenters. The normalized spacial score (nSPS) is 10.5. The van der Waals surface area contributed by atoms with E-state index in [1.165, 1.54) is 0 Å². The Balaban J connectivity index is 2.15. The second-order valence-electron chi connectivity index (χ2n) is 4.70. The molecule has 0 amide bonds. The van der Waals surface area contributed by atoms with Gasteiger partial charge in [-0.05, 0) is 38.2 Å². The molecule has 2 rings (SSSR count). The minimum Gasteiger partial charge on any atom is -0.481 e. The molecule has 1 aromatic heterocycles. The lowest BCUT2D eigenvalue weighted by Gasteiger charge is -2.09. The maximum atomic E-state index is 5.77. The Hall–Kier alpha value is -2.74. The van der Waals surface area contributed by atoms with Gasteiger partial charge < -0.3 is 14.8 Å². The average molecular weight is 345 g/mol. The van der Waals surface area contributed by atoms with Gasteiger partial charge in [0.1, 0.15) is 5.75 Å². The Morgan fingerprint density at radius 3 is 2.88 bits per heavy atom. The number of aryl methyl sites for hydroxylation is 1. The number of thiocarbonyl (C=S) groups is 1. The van der Waals surface area contributed by atoms with Crippen LogP contribution in [0.2, 0.25) is 0 Å². The summed E-state index contributed by atoms with van der Waals surface area (Å²) >= 11 is 5.05. The molecule has 0 bridgehead atoms. The number of rotatable bonds is 6. The molecule has 0 aliphatic carbocycles. The lowest BCUT2D eigenvalue weighted by Crippen LogP contribution is -2.31. The van der Waals surface area contributed by atoms with Gasteiger partial charge in [0.25, 0.3) is 0 Å². The number of para-hydroxylation sites is 1. The summed E-state index contributed by atoms with van der Waals surface area (Å²) in [7, 11) is 1.55. The topological polar surface area (TPSA) is 80.7 Å². The van der Waals surface area contributed by atoms with E-state index in [2.05, 4.69) is 25.8 Å². The zero-order valence-corrected chi connectivity index (χ0v) is 14.6. The summed E-state index contributed by atoms with van der Waals surface area (Å²) in [5.41, 5.74) is 4.24. The van der Waals surface area contributed by atoms with Crippen LogP contribution < -0.4 is 20.2 Å². The molecule has 0 atom stereocenters. The number of methoxy groups -OCH3 is 1. The summed E-state index contributed by atoms with van der Waals surface area (Å²) in [5, 5.41) is 7.49. The van der Waals surface area contributed by atoms with E-state index in [0.29, 0.717) is 16.7 Å². The van der Waals surface area contributed by atoms with Crippen LogP contribution in [-0.2, 0) is 0 Å². The Morgan fingerprint density at radius 2 is 2.12 bits per heavy atom. The number of ether oxygens (including phenoxy) is 2. The summed E-state index contributed by atoms with van der Waals surface area (Å²) in [6, 6.07) is 9.35. The number of nitrogens with one attached hydrogen (secondary N) is 2. The third-order valence-electron chi connectivity index (χ3n) is 2.85. The van der Waals surface area contributed by atoms with E-state index >= 15 is 0 Å². The molecule has 0 aliphatic heterocycles. The molecule has 0 spiro atoms. The second kappa shape index (κ2) is 8.78. The van der Waals surface area contributed by atoms with E-state index in [9.17, 15) is 0 Å². The van der Waals surface area contributed by atoms with Gasteiger partial charge in [-0.25, -0.2) is 0 Å². The van der Waals surface area contributed by atoms with Crippen molar-refractivity contribution in [3.8, 4) is 17.6 Å². The molecular formula is C16H19N5O2S. The van der Waals surface area contributed by atoms with Crippen LogP contribution in [0.25, 0.3) is 0 Å². The van der Waals surface area contributed by atoms with Crippen molar-refractivity contribution in [2.75, 3.05) is 13.7 Å². The van der Waals surface area contributed by atoms with E-state index in [-0.39, 0.29) is 6.01 Å². The van der Waals surface area contributed by atoms with Gasteiger partial charge in [-0.1, -0.05) is 12.1 Å². The molecule has 2 N–H and O–H groups in total. The van der Waals surface area contributed by atoms with Gasteiger partial charge in [0.2, 0.25) is 5.88 Å². The number of hydrazone groups is 1. The van der Waals surface area contributed by atoms with Gasteiger partial charge in [0.15, 0.2) is 5.11 Å². The highest BCUT2D eigenvalue weighted by Gasteiger charge is 2.07. The van der Waals surface area contributed by atoms with E-state index < -0.39 is 0 Å². The summed E-state index contributed by atoms with van der Waals surface area (Å²) in [4.78, 5) is 8.42. The SMILES string of the molecule is CCNC(=S)NN=Cc1ccccc1Oc1nc(C)cc(OC)n1. The first-order valence-corrected chi connectivity index (χ1v) is 7.76. The molecule has 8 heteroatoms. The Bertz CT molecular complexity index is 736. The lowest BCUT2D eigenvalue weighted by molar-refractivity contribution is 0.375. The molecule has 0 fully saturated rings. The van der Waals surface area contributed by atoms with Crippen molar-refractivity contribution in [3.05, 3.63) is 41.6 Å². The Labute approximate surface area is 146 Å². The van der Waals surface area contributed by atoms with Crippen LogP contribution in [0.3, 0.4) is 0 Å². The average Bonchev–Trinajstić information content (AvgIpc) is 2.56. The van der Waals surface area contributed by atoms with Crippen LogP contribution in [-0.4, -0.2) is 34.9 Å². The molecule has 1 aromatic carbocycles. The first-order valence-electron chi connectivity index (χ1n) is 7.36. The first-order chi connectivity index (χ1) is 11.6. The van der Waals surface area contributed by atoms with Crippen LogP contribution in [0.15, 0.2) is 35.4 Å². The van der Waals surface area contributed by atoms with Gasteiger partial charge in [-0.3, -0.25) is 5.43 Å². The van der Waals surface area contributed by atoms with Crippen molar-refractivity contribution in [2.24, 2.45) is 5.10 Å². The van der Waals surface area contributed by atoms with E-state index in [1.807, 2.05) is 38.1 Å². The summed E-state index contributed by atoms with van der Waals surface area (Å²) in [6.45, 7) is 4.53. The van der Waals surface area contributed by atoms with Crippen LogP contribution in [0.5, 0.6) is 17.6 Å². The number of aromatic nitrogens is 2. The standard InChI is InChI=1S/C16H19N5O2S/c1-4-17-16(24)21-18-10-12-7-5-6-8-13(12)23-15-19-11(2)9-14(20-15)22-3/h5-10H,4H2,1-3H3,(H2,17,21,24). The summed E-state index contributed by atoms with van der Waals surface area (Å²) in [5.74, 6) is 1.02. The Morgan fingerprint density at radius 1 is 1.33 bits per heavy atom. The van der Waals surface area contributed by atoms with Gasteiger partial charge in [-0.2, -0.15) is 15.1 Å². The van der Waals surface area contributed by atoms with Gasteiger partial charge >= 0.3 is 6.01 Å². The zero-order valence-electron chi connectivity index (χ0n) is 13.7. The van der Waals surface area contributed by atoms with Crippen molar-refractivity contribution in [2.45, 2.75) is 13.8 Å². The molecular weight excluding hydrogens is 326 g/mol. The van der Waals surface area contributed by atoms with Crippen molar-refractivity contribution in [1.82, 2.24) is 20.7 Å². The molecule has 126 valence electrons. The van der Waals surface area contributed by atoms with Crippen molar-refractivity contribution in [3.63, 3.8) is 0 Å². The molecule has 0 saturated carbocycles. The molecule has 0 aliphatic rings. The number of hydrogen-bond acceptors (Lipinski definition) is 6. The third kappa shape index (κ3) is 5.17. The fraction of sp³-hybridized carbons (Fsp3) is 0.250. The highest BCUT2D eigenvalue weighted by atomic mass is 32.1. The quantitative estimate of drug-likeness (QED) is 0.473. The number of nitrogens with zero attached hydrogens (tertiary/aromatic N) is 3. The van der Waals surface area contributed by atoms with Crippen LogP contribution in [0.4, 0.5) is 0 Å². The van der Waals surface area contributed by atoms with Crippen LogP contribution in [0.1, 0.15) is 18.2 Å². The smallest absolute Gasteiger partial charge is 0.325 e.